The Labute approximate surface area is 112 Å². The molecule has 0 saturated carbocycles. The number of thiol groups is 2. The zero-order chi connectivity index (χ0) is 12.5. The molecule has 3 aromatic rings. The Kier molecular flexibility index (Phi) is 2.72. The predicted octanol–water partition coefficient (Wildman–Crippen LogP) is 0.215. The van der Waals surface area contributed by atoms with Gasteiger partial charge in [0.1, 0.15) is 0 Å². The van der Waals surface area contributed by atoms with Crippen LogP contribution in [0.3, 0.4) is 0 Å². The summed E-state index contributed by atoms with van der Waals surface area (Å²) in [7, 11) is 0. The smallest absolute Gasteiger partial charge is 0.188 e. The third-order valence-electron chi connectivity index (χ3n) is 2.24. The van der Waals surface area contributed by atoms with E-state index in [1.54, 1.807) is 0 Å². The fraction of sp³-hybridized carbons (Fsp3) is 0. The van der Waals surface area contributed by atoms with Crippen LogP contribution in [-0.2, 0) is 0 Å². The molecule has 0 bridgehead atoms. The minimum absolute atomic E-state index is 0.417. The highest BCUT2D eigenvalue weighted by Gasteiger charge is 2.07. The van der Waals surface area contributed by atoms with Gasteiger partial charge in [-0.25, -0.2) is 0 Å². The molecule has 0 radical (unpaired) electrons. The van der Waals surface area contributed by atoms with Crippen LogP contribution >= 0.6 is 25.3 Å². The molecule has 0 atom stereocenters. The molecule has 0 aliphatic heterocycles. The number of hydrogen-bond acceptors (Lipinski definition) is 8. The average Bonchev–Trinajstić information content (AvgIpc) is 2.98. The van der Waals surface area contributed by atoms with Gasteiger partial charge in [-0.3, -0.25) is 0 Å². The maximum absolute atomic E-state index is 4.14. The van der Waals surface area contributed by atoms with Crippen molar-refractivity contribution >= 4 is 25.3 Å². The SMILES string of the molecule is Sc1nnnn1-c1ccc(-n2nnnc2S)cc1. The summed E-state index contributed by atoms with van der Waals surface area (Å²) < 4.78 is 3.02. The van der Waals surface area contributed by atoms with Crippen molar-refractivity contribution in [3.05, 3.63) is 24.3 Å². The molecule has 10 heteroatoms. The van der Waals surface area contributed by atoms with Crippen molar-refractivity contribution in [1.82, 2.24) is 40.4 Å². The van der Waals surface area contributed by atoms with E-state index in [-0.39, 0.29) is 0 Å². The molecule has 8 nitrogen and oxygen atoms in total. The first-order valence-corrected chi connectivity index (χ1v) is 5.70. The van der Waals surface area contributed by atoms with Crippen LogP contribution in [0.15, 0.2) is 34.6 Å². The zero-order valence-electron chi connectivity index (χ0n) is 8.78. The fourth-order valence-corrected chi connectivity index (χ4v) is 1.82. The van der Waals surface area contributed by atoms with Gasteiger partial charge in [-0.1, -0.05) is 0 Å². The summed E-state index contributed by atoms with van der Waals surface area (Å²) in [5.41, 5.74) is 1.59. The second kappa shape index (κ2) is 4.38. The average molecular weight is 278 g/mol. The van der Waals surface area contributed by atoms with Crippen LogP contribution in [0, 0.1) is 0 Å². The zero-order valence-corrected chi connectivity index (χ0v) is 10.6. The maximum atomic E-state index is 4.14. The van der Waals surface area contributed by atoms with E-state index in [4.69, 9.17) is 0 Å². The minimum Gasteiger partial charge on any atom is -0.188 e. The lowest BCUT2D eigenvalue weighted by molar-refractivity contribution is 0.747. The molecule has 0 amide bonds. The Morgan fingerprint density at radius 2 is 1.11 bits per heavy atom. The number of benzene rings is 1. The first-order valence-electron chi connectivity index (χ1n) is 4.81. The molecule has 0 aliphatic rings. The summed E-state index contributed by atoms with van der Waals surface area (Å²) in [6, 6.07) is 7.33. The largest absolute Gasteiger partial charge is 0.211 e. The molecule has 0 saturated heterocycles. The summed E-state index contributed by atoms with van der Waals surface area (Å²) >= 11 is 8.28. The Bertz CT molecular complexity index is 613. The van der Waals surface area contributed by atoms with Crippen molar-refractivity contribution in [2.45, 2.75) is 10.3 Å². The van der Waals surface area contributed by atoms with Crippen LogP contribution in [0.4, 0.5) is 0 Å². The Balaban J connectivity index is 2.00. The highest BCUT2D eigenvalue weighted by Crippen LogP contribution is 2.15. The monoisotopic (exact) mass is 278 g/mol. The molecule has 3 rings (SSSR count). The van der Waals surface area contributed by atoms with Gasteiger partial charge < -0.3 is 0 Å². The molecule has 0 spiro atoms. The van der Waals surface area contributed by atoms with Gasteiger partial charge >= 0.3 is 0 Å². The van der Waals surface area contributed by atoms with Crippen molar-refractivity contribution in [2.24, 2.45) is 0 Å². The maximum Gasteiger partial charge on any atom is 0.211 e. The highest BCUT2D eigenvalue weighted by atomic mass is 32.1. The number of rotatable bonds is 2. The lowest BCUT2D eigenvalue weighted by Gasteiger charge is -2.03. The van der Waals surface area contributed by atoms with Crippen LogP contribution < -0.4 is 0 Å². The molecular formula is C8H6N8S2. The van der Waals surface area contributed by atoms with E-state index in [0.717, 1.165) is 11.4 Å². The topological polar surface area (TPSA) is 87.2 Å². The van der Waals surface area contributed by atoms with Crippen LogP contribution in [0.1, 0.15) is 0 Å². The Hall–Kier alpha value is -1.94. The van der Waals surface area contributed by atoms with E-state index < -0.39 is 0 Å². The van der Waals surface area contributed by atoms with Crippen molar-refractivity contribution in [3.63, 3.8) is 0 Å². The number of aromatic nitrogens is 8. The molecule has 2 aromatic heterocycles. The lowest BCUT2D eigenvalue weighted by atomic mass is 10.3. The van der Waals surface area contributed by atoms with E-state index in [9.17, 15) is 0 Å². The predicted molar refractivity (Wildman–Crippen MR) is 66.4 cm³/mol. The molecule has 0 fully saturated rings. The summed E-state index contributed by atoms with van der Waals surface area (Å²) in [6.07, 6.45) is 0. The fourth-order valence-electron chi connectivity index (χ4n) is 1.43. The number of tetrazole rings is 2. The van der Waals surface area contributed by atoms with Crippen molar-refractivity contribution in [1.29, 1.82) is 0 Å². The first-order chi connectivity index (χ1) is 8.75. The highest BCUT2D eigenvalue weighted by molar-refractivity contribution is 7.80. The normalized spacial score (nSPS) is 10.8. The van der Waals surface area contributed by atoms with E-state index >= 15 is 0 Å². The van der Waals surface area contributed by atoms with E-state index in [1.165, 1.54) is 9.36 Å². The third-order valence-corrected chi connectivity index (χ3v) is 2.80. The first kappa shape index (κ1) is 11.2. The van der Waals surface area contributed by atoms with Gasteiger partial charge in [0.2, 0.25) is 10.3 Å². The minimum atomic E-state index is 0.417. The Morgan fingerprint density at radius 1 is 0.722 bits per heavy atom. The van der Waals surface area contributed by atoms with Crippen LogP contribution in [0.2, 0.25) is 0 Å². The van der Waals surface area contributed by atoms with Gasteiger partial charge in [0.25, 0.3) is 0 Å². The summed E-state index contributed by atoms with van der Waals surface area (Å²) in [4.78, 5) is 0. The molecule has 0 N–H and O–H groups in total. The molecule has 0 aliphatic carbocycles. The number of nitrogens with zero attached hydrogens (tertiary/aromatic N) is 8. The molecule has 18 heavy (non-hydrogen) atoms. The molecule has 90 valence electrons. The van der Waals surface area contributed by atoms with Gasteiger partial charge in [-0.15, -0.1) is 35.5 Å². The standard InChI is InChI=1S/C8H6N8S2/c17-7-9-11-13-15(7)5-1-2-6(4-3-5)16-8(18)10-12-14-16/h1-4H,(H,9,13,17)(H,10,14,18). The third kappa shape index (κ3) is 1.84. The van der Waals surface area contributed by atoms with Gasteiger partial charge in [0.15, 0.2) is 0 Å². The summed E-state index contributed by atoms with van der Waals surface area (Å²) in [6.45, 7) is 0. The van der Waals surface area contributed by atoms with Gasteiger partial charge in [-0.05, 0) is 45.1 Å². The van der Waals surface area contributed by atoms with E-state index in [0.29, 0.717) is 10.3 Å². The van der Waals surface area contributed by atoms with Crippen molar-refractivity contribution in [3.8, 4) is 11.4 Å². The summed E-state index contributed by atoms with van der Waals surface area (Å²) in [5, 5.41) is 22.9. The van der Waals surface area contributed by atoms with Crippen molar-refractivity contribution < 1.29 is 0 Å². The Morgan fingerprint density at radius 3 is 1.39 bits per heavy atom. The van der Waals surface area contributed by atoms with E-state index in [1.807, 2.05) is 24.3 Å². The summed E-state index contributed by atoms with van der Waals surface area (Å²) in [5.74, 6) is 0. The second-order valence-corrected chi connectivity index (χ2v) is 4.10. The molecular weight excluding hydrogens is 272 g/mol. The van der Waals surface area contributed by atoms with Crippen LogP contribution in [0.5, 0.6) is 0 Å². The van der Waals surface area contributed by atoms with Gasteiger partial charge in [0, 0.05) is 0 Å². The van der Waals surface area contributed by atoms with E-state index in [2.05, 4.69) is 56.3 Å². The second-order valence-electron chi connectivity index (χ2n) is 3.30. The van der Waals surface area contributed by atoms with Crippen LogP contribution in [-0.4, -0.2) is 40.4 Å². The molecule has 2 heterocycles. The van der Waals surface area contributed by atoms with Gasteiger partial charge in [0.05, 0.1) is 11.4 Å². The molecule has 0 unspecified atom stereocenters. The van der Waals surface area contributed by atoms with Crippen LogP contribution in [0.25, 0.3) is 11.4 Å². The molecule has 1 aromatic carbocycles. The number of hydrogen-bond donors (Lipinski definition) is 2. The van der Waals surface area contributed by atoms with Gasteiger partial charge in [-0.2, -0.15) is 9.36 Å². The quantitative estimate of drug-likeness (QED) is 0.652. The van der Waals surface area contributed by atoms with Crippen molar-refractivity contribution in [2.75, 3.05) is 0 Å². The lowest BCUT2D eigenvalue weighted by Crippen LogP contribution is -2.00.